The lowest BCUT2D eigenvalue weighted by atomic mass is 9.89. The van der Waals surface area contributed by atoms with E-state index >= 15 is 0 Å². The number of nitrogens with zero attached hydrogens (tertiary/aromatic N) is 3. The monoisotopic (exact) mass is 299 g/mol. The minimum Gasteiger partial charge on any atom is -0.390 e. The molecule has 0 bridgehead atoms. The lowest BCUT2D eigenvalue weighted by Gasteiger charge is -2.37. The molecule has 0 saturated carbocycles. The normalized spacial score (nSPS) is 18.5. The third-order valence-electron chi connectivity index (χ3n) is 4.79. The van der Waals surface area contributed by atoms with Crippen molar-refractivity contribution in [1.29, 1.82) is 0 Å². The van der Waals surface area contributed by atoms with Crippen LogP contribution in [0.4, 0.5) is 0 Å². The fourth-order valence-electron chi connectivity index (χ4n) is 3.21. The molecule has 118 valence electrons. The van der Waals surface area contributed by atoms with E-state index < -0.39 is 5.60 Å². The van der Waals surface area contributed by atoms with Gasteiger partial charge in [-0.1, -0.05) is 37.3 Å². The number of aryl methyl sites for hydroxylation is 1. The van der Waals surface area contributed by atoms with Crippen molar-refractivity contribution in [1.82, 2.24) is 14.7 Å². The summed E-state index contributed by atoms with van der Waals surface area (Å²) >= 11 is 0. The van der Waals surface area contributed by atoms with Crippen LogP contribution in [-0.4, -0.2) is 38.5 Å². The molecule has 0 radical (unpaired) electrons. The van der Waals surface area contributed by atoms with Gasteiger partial charge in [0.15, 0.2) is 0 Å². The minimum absolute atomic E-state index is 0.451. The summed E-state index contributed by atoms with van der Waals surface area (Å²) < 4.78 is 1.89. The zero-order chi connectivity index (χ0) is 15.6. The number of rotatable bonds is 4. The highest BCUT2D eigenvalue weighted by atomic mass is 16.3. The van der Waals surface area contributed by atoms with Gasteiger partial charge in [-0.2, -0.15) is 5.10 Å². The Morgan fingerprint density at radius 3 is 2.50 bits per heavy atom. The molecular weight excluding hydrogens is 274 g/mol. The quantitative estimate of drug-likeness (QED) is 0.944. The topological polar surface area (TPSA) is 41.3 Å². The van der Waals surface area contributed by atoms with Crippen LogP contribution < -0.4 is 0 Å². The Morgan fingerprint density at radius 2 is 1.86 bits per heavy atom. The summed E-state index contributed by atoms with van der Waals surface area (Å²) in [5.41, 5.74) is 3.04. The molecule has 3 rings (SSSR count). The van der Waals surface area contributed by atoms with Crippen LogP contribution in [0.2, 0.25) is 0 Å². The van der Waals surface area contributed by atoms with E-state index in [0.717, 1.165) is 44.6 Å². The van der Waals surface area contributed by atoms with Crippen LogP contribution in [-0.2, 0) is 13.6 Å². The molecule has 1 fully saturated rings. The molecule has 1 aliphatic rings. The molecule has 1 saturated heterocycles. The van der Waals surface area contributed by atoms with Crippen LogP contribution in [0.1, 0.15) is 31.7 Å². The average Bonchev–Trinajstić information content (AvgIpc) is 2.91. The van der Waals surface area contributed by atoms with E-state index in [0.29, 0.717) is 0 Å². The van der Waals surface area contributed by atoms with Gasteiger partial charge in [0.05, 0.1) is 11.3 Å². The number of hydrogen-bond donors (Lipinski definition) is 1. The number of likely N-dealkylation sites (tertiary alicyclic amines) is 1. The van der Waals surface area contributed by atoms with Crippen molar-refractivity contribution in [3.8, 4) is 11.3 Å². The molecule has 1 aliphatic heterocycles. The summed E-state index contributed by atoms with van der Waals surface area (Å²) in [6.07, 6.45) is 4.70. The lowest BCUT2D eigenvalue weighted by molar-refractivity contribution is -0.0256. The van der Waals surface area contributed by atoms with Crippen molar-refractivity contribution in [3.05, 3.63) is 42.1 Å². The highest BCUT2D eigenvalue weighted by Gasteiger charge is 2.30. The summed E-state index contributed by atoms with van der Waals surface area (Å²) in [5.74, 6) is 0. The van der Waals surface area contributed by atoms with Gasteiger partial charge in [-0.15, -0.1) is 0 Å². The summed E-state index contributed by atoms with van der Waals surface area (Å²) in [5, 5.41) is 15.0. The van der Waals surface area contributed by atoms with E-state index in [9.17, 15) is 5.11 Å². The van der Waals surface area contributed by atoms with Gasteiger partial charge < -0.3 is 5.11 Å². The van der Waals surface area contributed by atoms with Crippen molar-refractivity contribution in [3.63, 3.8) is 0 Å². The molecule has 4 heteroatoms. The van der Waals surface area contributed by atoms with Gasteiger partial charge in [0, 0.05) is 44.0 Å². The maximum atomic E-state index is 10.4. The lowest BCUT2D eigenvalue weighted by Crippen LogP contribution is -2.43. The Hall–Kier alpha value is -1.65. The van der Waals surface area contributed by atoms with Crippen LogP contribution in [0.3, 0.4) is 0 Å². The standard InChI is InChI=1S/C18H25N3O/c1-3-18(22)9-11-21(12-10-18)14-16-13-20(2)19-17(16)15-7-5-4-6-8-15/h4-8,13,22H,3,9-12,14H2,1-2H3. The molecule has 2 aromatic rings. The van der Waals surface area contributed by atoms with Gasteiger partial charge in [0.1, 0.15) is 0 Å². The Labute approximate surface area is 132 Å². The molecule has 0 amide bonds. The molecule has 0 unspecified atom stereocenters. The third-order valence-corrected chi connectivity index (χ3v) is 4.79. The third kappa shape index (κ3) is 3.23. The fraction of sp³-hybridized carbons (Fsp3) is 0.500. The number of benzene rings is 1. The largest absolute Gasteiger partial charge is 0.390 e. The first-order valence-corrected chi connectivity index (χ1v) is 8.12. The second kappa shape index (κ2) is 6.23. The predicted octanol–water partition coefficient (Wildman–Crippen LogP) is 2.82. The van der Waals surface area contributed by atoms with Crippen molar-refractivity contribution in [2.45, 2.75) is 38.3 Å². The average molecular weight is 299 g/mol. The molecule has 1 aromatic heterocycles. The maximum Gasteiger partial charge on any atom is 0.0968 e. The molecule has 0 spiro atoms. The molecule has 1 aromatic carbocycles. The number of hydrogen-bond acceptors (Lipinski definition) is 3. The Kier molecular flexibility index (Phi) is 4.32. The van der Waals surface area contributed by atoms with Crippen LogP contribution in [0.15, 0.2) is 36.5 Å². The van der Waals surface area contributed by atoms with Crippen molar-refractivity contribution in [2.75, 3.05) is 13.1 Å². The molecule has 0 atom stereocenters. The second-order valence-corrected chi connectivity index (χ2v) is 6.40. The van der Waals surface area contributed by atoms with E-state index in [1.54, 1.807) is 0 Å². The van der Waals surface area contributed by atoms with Gasteiger partial charge in [-0.05, 0) is 19.3 Å². The fourth-order valence-corrected chi connectivity index (χ4v) is 3.21. The zero-order valence-electron chi connectivity index (χ0n) is 13.5. The minimum atomic E-state index is -0.451. The Morgan fingerprint density at radius 1 is 1.18 bits per heavy atom. The maximum absolute atomic E-state index is 10.4. The van der Waals surface area contributed by atoms with E-state index in [4.69, 9.17) is 0 Å². The van der Waals surface area contributed by atoms with E-state index in [1.807, 2.05) is 17.8 Å². The molecular formula is C18H25N3O. The summed E-state index contributed by atoms with van der Waals surface area (Å²) in [7, 11) is 1.97. The highest BCUT2D eigenvalue weighted by molar-refractivity contribution is 5.62. The van der Waals surface area contributed by atoms with Crippen molar-refractivity contribution < 1.29 is 5.11 Å². The van der Waals surface area contributed by atoms with Gasteiger partial charge >= 0.3 is 0 Å². The van der Waals surface area contributed by atoms with Crippen LogP contribution in [0.5, 0.6) is 0 Å². The molecule has 22 heavy (non-hydrogen) atoms. The smallest absolute Gasteiger partial charge is 0.0968 e. The van der Waals surface area contributed by atoms with Gasteiger partial charge in [-0.3, -0.25) is 9.58 Å². The van der Waals surface area contributed by atoms with Gasteiger partial charge in [-0.25, -0.2) is 0 Å². The first kappa shape index (κ1) is 15.3. The Balaban J connectivity index is 1.74. The van der Waals surface area contributed by atoms with Gasteiger partial charge in [0.25, 0.3) is 0 Å². The van der Waals surface area contributed by atoms with Crippen molar-refractivity contribution in [2.24, 2.45) is 7.05 Å². The number of piperidine rings is 1. The SMILES string of the molecule is CCC1(O)CCN(Cc2cn(C)nc2-c2ccccc2)CC1. The molecule has 1 N–H and O–H groups in total. The van der Waals surface area contributed by atoms with Gasteiger partial charge in [0.2, 0.25) is 0 Å². The predicted molar refractivity (Wildman–Crippen MR) is 88.4 cm³/mol. The van der Waals surface area contributed by atoms with Crippen LogP contribution >= 0.6 is 0 Å². The highest BCUT2D eigenvalue weighted by Crippen LogP contribution is 2.28. The first-order valence-electron chi connectivity index (χ1n) is 8.12. The second-order valence-electron chi connectivity index (χ2n) is 6.40. The zero-order valence-corrected chi connectivity index (χ0v) is 13.5. The van der Waals surface area contributed by atoms with E-state index in [-0.39, 0.29) is 0 Å². The first-order chi connectivity index (χ1) is 10.6. The van der Waals surface area contributed by atoms with Crippen molar-refractivity contribution >= 4 is 0 Å². The number of aliphatic hydroxyl groups is 1. The summed E-state index contributed by atoms with van der Waals surface area (Å²) in [6.45, 7) is 4.88. The summed E-state index contributed by atoms with van der Waals surface area (Å²) in [6, 6.07) is 10.4. The van der Waals surface area contributed by atoms with Crippen LogP contribution in [0.25, 0.3) is 11.3 Å². The Bertz CT molecular complexity index is 613. The van der Waals surface area contributed by atoms with Crippen LogP contribution in [0, 0.1) is 0 Å². The molecule has 2 heterocycles. The van der Waals surface area contributed by atoms with E-state index in [2.05, 4.69) is 47.4 Å². The summed E-state index contributed by atoms with van der Waals surface area (Å²) in [4.78, 5) is 2.42. The van der Waals surface area contributed by atoms with E-state index in [1.165, 1.54) is 11.1 Å². The molecule has 4 nitrogen and oxygen atoms in total. The molecule has 0 aliphatic carbocycles. The number of aromatic nitrogens is 2.